The van der Waals surface area contributed by atoms with E-state index in [0.29, 0.717) is 42.9 Å². The molecule has 0 saturated heterocycles. The lowest BCUT2D eigenvalue weighted by atomic mass is 10.1. The zero-order valence-corrected chi connectivity index (χ0v) is 19.2. The Labute approximate surface area is 197 Å². The van der Waals surface area contributed by atoms with Crippen LogP contribution in [0.2, 0.25) is 5.02 Å². The van der Waals surface area contributed by atoms with Gasteiger partial charge in [-0.3, -0.25) is 19.2 Å². The van der Waals surface area contributed by atoms with Gasteiger partial charge in [0.2, 0.25) is 5.91 Å². The quantitative estimate of drug-likeness (QED) is 0.501. The van der Waals surface area contributed by atoms with Crippen molar-refractivity contribution in [1.29, 1.82) is 0 Å². The Morgan fingerprint density at radius 3 is 2.76 bits per heavy atom. The summed E-state index contributed by atoms with van der Waals surface area (Å²) in [5.74, 6) is -0.564. The number of Topliss-reactive ketones (excluding diaryl/α,β-unsaturated/α-hetero) is 2. The van der Waals surface area contributed by atoms with Gasteiger partial charge in [-0.15, -0.1) is 0 Å². The molecule has 1 aliphatic carbocycles. The largest absolute Gasteiger partial charge is 0.376 e. The third-order valence-corrected chi connectivity index (χ3v) is 6.58. The summed E-state index contributed by atoms with van der Waals surface area (Å²) in [7, 11) is 0. The van der Waals surface area contributed by atoms with E-state index in [0.717, 1.165) is 22.4 Å². The van der Waals surface area contributed by atoms with Gasteiger partial charge < -0.3 is 15.5 Å². The van der Waals surface area contributed by atoms with Crippen molar-refractivity contribution in [1.82, 2.24) is 10.2 Å². The first-order chi connectivity index (χ1) is 15.8. The molecule has 0 radical (unpaired) electrons. The maximum absolute atomic E-state index is 12.9. The monoisotopic (exact) mass is 467 g/mol. The van der Waals surface area contributed by atoms with Crippen LogP contribution in [0.1, 0.15) is 52.7 Å². The molecule has 4 rings (SSSR count). The van der Waals surface area contributed by atoms with E-state index < -0.39 is 6.04 Å². The Morgan fingerprint density at radius 1 is 1.15 bits per heavy atom. The molecule has 33 heavy (non-hydrogen) atoms. The Balaban J connectivity index is 1.34. The highest BCUT2D eigenvalue weighted by molar-refractivity contribution is 6.31. The maximum atomic E-state index is 12.9. The van der Waals surface area contributed by atoms with Gasteiger partial charge in [-0.1, -0.05) is 29.8 Å². The van der Waals surface area contributed by atoms with Crippen LogP contribution in [-0.2, 0) is 27.5 Å². The van der Waals surface area contributed by atoms with Gasteiger partial charge in [0.15, 0.2) is 5.78 Å². The van der Waals surface area contributed by atoms with E-state index in [1.807, 2.05) is 31.2 Å². The van der Waals surface area contributed by atoms with Gasteiger partial charge in [-0.25, -0.2) is 0 Å². The van der Waals surface area contributed by atoms with Crippen molar-refractivity contribution in [2.45, 2.75) is 51.7 Å². The van der Waals surface area contributed by atoms with E-state index in [1.54, 1.807) is 17.0 Å². The maximum Gasteiger partial charge on any atom is 0.255 e. The lowest BCUT2D eigenvalue weighted by Gasteiger charge is -2.25. The molecule has 2 aromatic carbocycles. The summed E-state index contributed by atoms with van der Waals surface area (Å²) in [6.45, 7) is 2.69. The van der Waals surface area contributed by atoms with Gasteiger partial charge in [0, 0.05) is 35.8 Å². The number of benzene rings is 2. The van der Waals surface area contributed by atoms with Crippen molar-refractivity contribution in [3.63, 3.8) is 0 Å². The minimum Gasteiger partial charge on any atom is -0.376 e. The highest BCUT2D eigenvalue weighted by atomic mass is 35.5. The van der Waals surface area contributed by atoms with Gasteiger partial charge in [0.25, 0.3) is 5.91 Å². The molecule has 2 N–H and O–H groups in total. The summed E-state index contributed by atoms with van der Waals surface area (Å²) in [5, 5.41) is 6.55. The number of fused-ring (bicyclic) bond motifs is 1. The number of carbonyl (C=O) groups excluding carboxylic acids is 4. The smallest absolute Gasteiger partial charge is 0.255 e. The number of nitrogens with zero attached hydrogens (tertiary/aromatic N) is 1. The lowest BCUT2D eigenvalue weighted by molar-refractivity contribution is -0.128. The molecule has 1 atom stereocenters. The molecule has 1 heterocycles. The average molecular weight is 468 g/mol. The molecular weight excluding hydrogens is 442 g/mol. The summed E-state index contributed by atoms with van der Waals surface area (Å²) in [5.41, 5.74) is 4.02. The molecule has 0 unspecified atom stereocenters. The minimum atomic E-state index is -0.541. The average Bonchev–Trinajstić information content (AvgIpc) is 3.00. The van der Waals surface area contributed by atoms with E-state index in [9.17, 15) is 19.2 Å². The Bertz CT molecular complexity index is 1130. The molecule has 1 saturated carbocycles. The SMILES string of the molecule is Cc1ccc(NCC(=O)NCc2ccc3c(c2)CN([C@H]2CCCC(=O)CC2=O)C3=O)cc1Cl. The fraction of sp³-hybridized carbons (Fsp3) is 0.360. The molecular formula is C25H26ClN3O4. The fourth-order valence-corrected chi connectivity index (χ4v) is 4.47. The van der Waals surface area contributed by atoms with E-state index in [1.165, 1.54) is 0 Å². The van der Waals surface area contributed by atoms with Crippen molar-refractivity contribution >= 4 is 40.7 Å². The van der Waals surface area contributed by atoms with Crippen molar-refractivity contribution in [3.8, 4) is 0 Å². The predicted molar refractivity (Wildman–Crippen MR) is 125 cm³/mol. The first-order valence-electron chi connectivity index (χ1n) is 11.1. The highest BCUT2D eigenvalue weighted by Gasteiger charge is 2.37. The van der Waals surface area contributed by atoms with Crippen LogP contribution in [0.5, 0.6) is 0 Å². The zero-order valence-electron chi connectivity index (χ0n) is 18.4. The molecule has 1 fully saturated rings. The standard InChI is InChI=1S/C25H26ClN3O4/c1-15-5-7-18(10-21(15)26)27-13-24(32)28-12-16-6-8-20-17(9-16)14-29(25(20)33)22-4-2-3-19(30)11-23(22)31/h5-10,22,27H,2-4,11-14H2,1H3,(H,28,32)/t22-/m0/s1. The molecule has 2 aromatic rings. The lowest BCUT2D eigenvalue weighted by Crippen LogP contribution is -2.41. The number of aryl methyl sites for hydroxylation is 1. The van der Waals surface area contributed by atoms with Gasteiger partial charge >= 0.3 is 0 Å². The normalized spacial score (nSPS) is 18.2. The fourth-order valence-electron chi connectivity index (χ4n) is 4.29. The third kappa shape index (κ3) is 5.25. The number of rotatable bonds is 6. The molecule has 8 heteroatoms. The number of anilines is 1. The van der Waals surface area contributed by atoms with Crippen LogP contribution < -0.4 is 10.6 Å². The topological polar surface area (TPSA) is 95.6 Å². The van der Waals surface area contributed by atoms with E-state index >= 15 is 0 Å². The van der Waals surface area contributed by atoms with Crippen molar-refractivity contribution in [2.75, 3.05) is 11.9 Å². The number of amides is 2. The van der Waals surface area contributed by atoms with E-state index in [4.69, 9.17) is 11.6 Å². The Hall–Kier alpha value is -3.19. The first kappa shape index (κ1) is 23.0. The van der Waals surface area contributed by atoms with Crippen LogP contribution in [-0.4, -0.2) is 40.9 Å². The second-order valence-corrected chi connectivity index (χ2v) is 9.02. The summed E-state index contributed by atoms with van der Waals surface area (Å²) in [4.78, 5) is 50.9. The van der Waals surface area contributed by atoms with Crippen LogP contribution in [0.15, 0.2) is 36.4 Å². The number of hydrogen-bond acceptors (Lipinski definition) is 5. The predicted octanol–water partition coefficient (Wildman–Crippen LogP) is 3.41. The van der Waals surface area contributed by atoms with Gasteiger partial charge in [-0.2, -0.15) is 0 Å². The molecule has 172 valence electrons. The van der Waals surface area contributed by atoms with E-state index in [-0.39, 0.29) is 36.3 Å². The van der Waals surface area contributed by atoms with Gasteiger partial charge in [0.1, 0.15) is 5.78 Å². The number of carbonyl (C=O) groups is 4. The summed E-state index contributed by atoms with van der Waals surface area (Å²) in [6.07, 6.45) is 1.44. The second kappa shape index (κ2) is 9.75. The molecule has 0 aromatic heterocycles. The molecule has 2 amide bonds. The minimum absolute atomic E-state index is 0.0512. The number of ketones is 2. The van der Waals surface area contributed by atoms with Crippen LogP contribution in [0.4, 0.5) is 5.69 Å². The molecule has 0 bridgehead atoms. The van der Waals surface area contributed by atoms with Crippen molar-refractivity contribution in [2.24, 2.45) is 0 Å². The molecule has 0 spiro atoms. The van der Waals surface area contributed by atoms with Crippen LogP contribution in [0.3, 0.4) is 0 Å². The van der Waals surface area contributed by atoms with Crippen molar-refractivity contribution < 1.29 is 19.2 Å². The van der Waals surface area contributed by atoms with Gasteiger partial charge in [0.05, 0.1) is 19.0 Å². The third-order valence-electron chi connectivity index (χ3n) is 6.17. The van der Waals surface area contributed by atoms with Crippen LogP contribution in [0.25, 0.3) is 0 Å². The Kier molecular flexibility index (Phi) is 6.79. The first-order valence-corrected chi connectivity index (χ1v) is 11.4. The second-order valence-electron chi connectivity index (χ2n) is 8.61. The number of nitrogens with one attached hydrogen (secondary N) is 2. The Morgan fingerprint density at radius 2 is 1.97 bits per heavy atom. The summed E-state index contributed by atoms with van der Waals surface area (Å²) >= 11 is 6.11. The molecule has 7 nitrogen and oxygen atoms in total. The van der Waals surface area contributed by atoms with Gasteiger partial charge in [-0.05, 0) is 54.7 Å². The molecule has 1 aliphatic heterocycles. The van der Waals surface area contributed by atoms with Crippen LogP contribution in [0, 0.1) is 6.92 Å². The zero-order chi connectivity index (χ0) is 23.5. The van der Waals surface area contributed by atoms with E-state index in [2.05, 4.69) is 10.6 Å². The highest BCUT2D eigenvalue weighted by Crippen LogP contribution is 2.29. The van der Waals surface area contributed by atoms with Crippen molar-refractivity contribution in [3.05, 3.63) is 63.7 Å². The number of halogens is 1. The summed E-state index contributed by atoms with van der Waals surface area (Å²) < 4.78 is 0. The summed E-state index contributed by atoms with van der Waals surface area (Å²) in [6, 6.07) is 10.4. The number of hydrogen-bond donors (Lipinski definition) is 2. The van der Waals surface area contributed by atoms with Crippen LogP contribution >= 0.6 is 11.6 Å². The molecule has 2 aliphatic rings.